The predicted molar refractivity (Wildman–Crippen MR) is 129 cm³/mol. The first-order chi connectivity index (χ1) is 15.8. The second kappa shape index (κ2) is 8.72. The fourth-order valence-corrected chi connectivity index (χ4v) is 5.41. The van der Waals surface area contributed by atoms with E-state index >= 15 is 0 Å². The highest BCUT2D eigenvalue weighted by atomic mass is 32.2. The summed E-state index contributed by atoms with van der Waals surface area (Å²) in [7, 11) is -3.12. The normalized spacial score (nSPS) is 20.1. The second-order valence-corrected chi connectivity index (χ2v) is 11.2. The first-order valence-electron chi connectivity index (χ1n) is 11.5. The number of piperazine rings is 1. The molecule has 1 saturated carbocycles. The maximum Gasteiger partial charge on any atom is 0.211 e. The molecule has 0 amide bonds. The maximum absolute atomic E-state index is 11.8. The van der Waals surface area contributed by atoms with Crippen molar-refractivity contribution < 1.29 is 13.5 Å². The molecule has 2 fully saturated rings. The Labute approximate surface area is 194 Å². The van der Waals surface area contributed by atoms with E-state index in [0.29, 0.717) is 24.8 Å². The number of aliphatic hydroxyl groups is 1. The van der Waals surface area contributed by atoms with Gasteiger partial charge < -0.3 is 10.4 Å². The molecule has 0 radical (unpaired) electrons. The predicted octanol–water partition coefficient (Wildman–Crippen LogP) is 2.78. The van der Waals surface area contributed by atoms with Gasteiger partial charge in [-0.1, -0.05) is 30.3 Å². The molecule has 3 aromatic rings. The number of rotatable bonds is 7. The Balaban J connectivity index is 1.31. The minimum Gasteiger partial charge on any atom is -0.373 e. The molecule has 2 atom stereocenters. The Morgan fingerprint density at radius 2 is 1.79 bits per heavy atom. The van der Waals surface area contributed by atoms with Gasteiger partial charge in [0.1, 0.15) is 6.23 Å². The van der Waals surface area contributed by atoms with Gasteiger partial charge in [0, 0.05) is 56.0 Å². The number of nitrogens with one attached hydrogen (secondary N) is 1. The quantitative estimate of drug-likeness (QED) is 0.517. The van der Waals surface area contributed by atoms with E-state index in [9.17, 15) is 13.5 Å². The zero-order valence-corrected chi connectivity index (χ0v) is 19.9. The largest absolute Gasteiger partial charge is 0.373 e. The van der Waals surface area contributed by atoms with Crippen LogP contribution in [0.15, 0.2) is 48.7 Å². The van der Waals surface area contributed by atoms with Gasteiger partial charge in [0.25, 0.3) is 0 Å². The van der Waals surface area contributed by atoms with Crippen LogP contribution >= 0.6 is 0 Å². The molecular weight excluding hydrogens is 438 g/mol. The Bertz CT molecular complexity index is 1230. The second-order valence-electron chi connectivity index (χ2n) is 9.20. The Kier molecular flexibility index (Phi) is 5.90. The standard InChI is InChI=1S/C24H31N5O3S/c1-17(27-12-14-28(15-13-27)33(2,31)32)18-5-7-19(8-6-18)21-4-3-11-29-22(21)16-23(26-29)25-24(30)20-9-10-20/h3-8,11,16-17,20,24,30H,9-10,12-15H2,1-2H3,(H,25,26). The average molecular weight is 470 g/mol. The lowest BCUT2D eigenvalue weighted by atomic mass is 10.00. The highest BCUT2D eigenvalue weighted by Crippen LogP contribution is 2.34. The van der Waals surface area contributed by atoms with Crippen molar-refractivity contribution in [3.63, 3.8) is 0 Å². The summed E-state index contributed by atoms with van der Waals surface area (Å²) in [6.45, 7) is 4.71. The molecular formula is C24H31N5O3S. The summed E-state index contributed by atoms with van der Waals surface area (Å²) >= 11 is 0. The molecule has 2 aliphatic rings. The maximum atomic E-state index is 11.8. The van der Waals surface area contributed by atoms with E-state index in [1.807, 2.05) is 22.8 Å². The number of pyridine rings is 1. The van der Waals surface area contributed by atoms with Crippen LogP contribution in [0.2, 0.25) is 0 Å². The molecule has 33 heavy (non-hydrogen) atoms. The van der Waals surface area contributed by atoms with Crippen molar-refractivity contribution in [1.29, 1.82) is 0 Å². The van der Waals surface area contributed by atoms with Gasteiger partial charge in [0.2, 0.25) is 10.0 Å². The van der Waals surface area contributed by atoms with Crippen LogP contribution in [0, 0.1) is 5.92 Å². The molecule has 2 N–H and O–H groups in total. The van der Waals surface area contributed by atoms with Crippen LogP contribution in [0.3, 0.4) is 0 Å². The minimum atomic E-state index is -3.12. The molecule has 1 aromatic carbocycles. The van der Waals surface area contributed by atoms with Crippen LogP contribution in [-0.2, 0) is 10.0 Å². The molecule has 0 bridgehead atoms. The number of aromatic nitrogens is 2. The number of benzene rings is 1. The first-order valence-corrected chi connectivity index (χ1v) is 13.4. The van der Waals surface area contributed by atoms with E-state index in [2.05, 4.69) is 52.6 Å². The highest BCUT2D eigenvalue weighted by Gasteiger charge is 2.30. The van der Waals surface area contributed by atoms with Crippen LogP contribution in [-0.4, -0.2) is 71.0 Å². The number of sulfonamides is 1. The number of hydrogen-bond acceptors (Lipinski definition) is 6. The zero-order valence-electron chi connectivity index (χ0n) is 19.1. The average Bonchev–Trinajstić information content (AvgIpc) is 3.58. The molecule has 0 spiro atoms. The van der Waals surface area contributed by atoms with Gasteiger partial charge in [-0.15, -0.1) is 0 Å². The van der Waals surface area contributed by atoms with Crippen LogP contribution < -0.4 is 5.32 Å². The third kappa shape index (κ3) is 4.77. The molecule has 1 aliphatic heterocycles. The lowest BCUT2D eigenvalue weighted by Gasteiger charge is -2.37. The molecule has 2 unspecified atom stereocenters. The van der Waals surface area contributed by atoms with Gasteiger partial charge in [0.05, 0.1) is 11.8 Å². The van der Waals surface area contributed by atoms with E-state index in [-0.39, 0.29) is 6.04 Å². The molecule has 9 heteroatoms. The minimum absolute atomic E-state index is 0.214. The van der Waals surface area contributed by atoms with Crippen LogP contribution in [0.25, 0.3) is 16.6 Å². The molecule has 8 nitrogen and oxygen atoms in total. The lowest BCUT2D eigenvalue weighted by molar-refractivity contribution is 0.146. The van der Waals surface area contributed by atoms with Crippen molar-refractivity contribution >= 4 is 21.4 Å². The fraction of sp³-hybridized carbons (Fsp3) is 0.458. The van der Waals surface area contributed by atoms with Crippen molar-refractivity contribution in [2.75, 3.05) is 37.8 Å². The topological polar surface area (TPSA) is 90.2 Å². The van der Waals surface area contributed by atoms with Crippen molar-refractivity contribution in [2.45, 2.75) is 32.0 Å². The van der Waals surface area contributed by atoms with E-state index < -0.39 is 16.3 Å². The number of nitrogens with zero attached hydrogens (tertiary/aromatic N) is 4. The van der Waals surface area contributed by atoms with Crippen molar-refractivity contribution in [3.05, 3.63) is 54.2 Å². The number of aliphatic hydroxyl groups excluding tert-OH is 1. The van der Waals surface area contributed by atoms with E-state index in [1.54, 1.807) is 4.31 Å². The van der Waals surface area contributed by atoms with Gasteiger partial charge in [-0.3, -0.25) is 4.90 Å². The molecule has 2 aromatic heterocycles. The molecule has 1 aliphatic carbocycles. The Morgan fingerprint density at radius 1 is 1.09 bits per heavy atom. The molecule has 3 heterocycles. The zero-order chi connectivity index (χ0) is 23.2. The summed E-state index contributed by atoms with van der Waals surface area (Å²) in [4.78, 5) is 2.33. The molecule has 1 saturated heterocycles. The summed E-state index contributed by atoms with van der Waals surface area (Å²) in [6.07, 6.45) is 4.77. The lowest BCUT2D eigenvalue weighted by Crippen LogP contribution is -2.48. The van der Waals surface area contributed by atoms with Gasteiger partial charge in [-0.2, -0.15) is 9.40 Å². The number of hydrogen-bond donors (Lipinski definition) is 2. The summed E-state index contributed by atoms with van der Waals surface area (Å²) < 4.78 is 26.9. The van der Waals surface area contributed by atoms with Crippen molar-refractivity contribution in [3.8, 4) is 11.1 Å². The third-order valence-corrected chi connectivity index (χ3v) is 8.16. The number of fused-ring (bicyclic) bond motifs is 1. The highest BCUT2D eigenvalue weighted by molar-refractivity contribution is 7.88. The smallest absolute Gasteiger partial charge is 0.211 e. The van der Waals surface area contributed by atoms with Crippen LogP contribution in [0.1, 0.15) is 31.4 Å². The monoisotopic (exact) mass is 469 g/mol. The van der Waals surface area contributed by atoms with Gasteiger partial charge in [-0.05, 0) is 37.0 Å². The van der Waals surface area contributed by atoms with E-state index in [1.165, 1.54) is 11.8 Å². The van der Waals surface area contributed by atoms with Gasteiger partial charge in [0.15, 0.2) is 5.82 Å². The summed E-state index contributed by atoms with van der Waals surface area (Å²) in [5.41, 5.74) is 4.38. The van der Waals surface area contributed by atoms with Crippen LogP contribution in [0.5, 0.6) is 0 Å². The first kappa shape index (κ1) is 22.3. The van der Waals surface area contributed by atoms with E-state index in [0.717, 1.165) is 42.6 Å². The van der Waals surface area contributed by atoms with Crippen molar-refractivity contribution in [2.24, 2.45) is 5.92 Å². The SMILES string of the molecule is CC(c1ccc(-c2cccn3nc(NC(O)C4CC4)cc23)cc1)N1CCN(S(C)(=O)=O)CC1. The Hall–Kier alpha value is -2.46. The van der Waals surface area contributed by atoms with Gasteiger partial charge >= 0.3 is 0 Å². The summed E-state index contributed by atoms with van der Waals surface area (Å²) in [5.74, 6) is 1.01. The molecule has 5 rings (SSSR count). The summed E-state index contributed by atoms with van der Waals surface area (Å²) in [5, 5.41) is 17.9. The third-order valence-electron chi connectivity index (χ3n) is 6.86. The van der Waals surface area contributed by atoms with E-state index in [4.69, 9.17) is 0 Å². The van der Waals surface area contributed by atoms with Gasteiger partial charge in [-0.25, -0.2) is 12.9 Å². The van der Waals surface area contributed by atoms with Crippen LogP contribution in [0.4, 0.5) is 5.82 Å². The van der Waals surface area contributed by atoms with Crippen molar-refractivity contribution in [1.82, 2.24) is 18.8 Å². The fourth-order valence-electron chi connectivity index (χ4n) is 4.59. The Morgan fingerprint density at radius 3 is 2.42 bits per heavy atom. The number of anilines is 1. The molecule has 176 valence electrons. The summed E-state index contributed by atoms with van der Waals surface area (Å²) in [6, 6.07) is 14.8.